The van der Waals surface area contributed by atoms with Crippen LogP contribution in [-0.4, -0.2) is 58.7 Å². The van der Waals surface area contributed by atoms with Gasteiger partial charge < -0.3 is 10.1 Å². The Balaban J connectivity index is 1.48. The molecule has 1 saturated heterocycles. The van der Waals surface area contributed by atoms with Gasteiger partial charge in [0.15, 0.2) is 0 Å². The van der Waals surface area contributed by atoms with Crippen molar-refractivity contribution in [1.29, 1.82) is 0 Å². The highest BCUT2D eigenvalue weighted by atomic mass is 32.1. The van der Waals surface area contributed by atoms with Crippen molar-refractivity contribution in [1.82, 2.24) is 20.2 Å². The summed E-state index contributed by atoms with van der Waals surface area (Å²) in [7, 11) is 0. The summed E-state index contributed by atoms with van der Waals surface area (Å²) in [5.74, 6) is 0.382. The predicted molar refractivity (Wildman–Crippen MR) is 117 cm³/mol. The number of aromatic nitrogens is 2. The fourth-order valence-corrected chi connectivity index (χ4v) is 4.82. The Morgan fingerprint density at radius 3 is 2.62 bits per heavy atom. The van der Waals surface area contributed by atoms with Crippen LogP contribution in [0.25, 0.3) is 11.3 Å². The molecule has 1 fully saturated rings. The summed E-state index contributed by atoms with van der Waals surface area (Å²) in [6, 6.07) is 3.83. The first-order chi connectivity index (χ1) is 13.9. The van der Waals surface area contributed by atoms with Gasteiger partial charge in [-0.05, 0) is 38.3 Å². The lowest BCUT2D eigenvalue weighted by Crippen LogP contribution is -2.57. The second-order valence-electron chi connectivity index (χ2n) is 8.16. The van der Waals surface area contributed by atoms with E-state index in [4.69, 9.17) is 9.72 Å². The molecule has 1 aliphatic heterocycles. The third-order valence-electron chi connectivity index (χ3n) is 5.14. The minimum absolute atomic E-state index is 0.109. The molecule has 0 aliphatic carbocycles. The molecule has 1 amide bonds. The lowest BCUT2D eigenvalue weighted by molar-refractivity contribution is -0.135. The number of nitrogens with zero attached hydrogens (tertiary/aromatic N) is 3. The fraction of sp³-hybridized carbons (Fsp3) is 0.591. The number of amides is 1. The van der Waals surface area contributed by atoms with Gasteiger partial charge in [0.25, 0.3) is 0 Å². The summed E-state index contributed by atoms with van der Waals surface area (Å²) in [5, 5.41) is 6.33. The van der Waals surface area contributed by atoms with E-state index < -0.39 is 0 Å². The summed E-state index contributed by atoms with van der Waals surface area (Å²) in [4.78, 5) is 23.9. The summed E-state index contributed by atoms with van der Waals surface area (Å²) in [6.07, 6.45) is 5.64. The molecular formula is C22H32N4O2S. The summed E-state index contributed by atoms with van der Waals surface area (Å²) in [6.45, 7) is 10.7. The molecule has 0 radical (unpaired) electrons. The van der Waals surface area contributed by atoms with Gasteiger partial charge in [0.2, 0.25) is 5.91 Å². The van der Waals surface area contributed by atoms with Gasteiger partial charge in [0, 0.05) is 49.4 Å². The summed E-state index contributed by atoms with van der Waals surface area (Å²) in [5.41, 5.74) is 2.08. The van der Waals surface area contributed by atoms with Crippen LogP contribution < -0.4 is 5.32 Å². The van der Waals surface area contributed by atoms with Crippen LogP contribution in [-0.2, 0) is 16.0 Å². The van der Waals surface area contributed by atoms with Crippen LogP contribution in [0.5, 0.6) is 0 Å². The van der Waals surface area contributed by atoms with Crippen molar-refractivity contribution >= 4 is 17.2 Å². The number of ether oxygens (including phenoxy) is 1. The number of morpholine rings is 1. The third-order valence-corrected chi connectivity index (χ3v) is 6.04. The molecule has 0 bridgehead atoms. The minimum Gasteiger partial charge on any atom is -0.373 e. The summed E-state index contributed by atoms with van der Waals surface area (Å²) >= 11 is 1.67. The Morgan fingerprint density at radius 2 is 1.97 bits per heavy atom. The van der Waals surface area contributed by atoms with Crippen LogP contribution in [0.2, 0.25) is 0 Å². The van der Waals surface area contributed by atoms with E-state index in [0.29, 0.717) is 6.54 Å². The molecule has 0 saturated carbocycles. The number of thiazole rings is 1. The first kappa shape index (κ1) is 21.9. The Morgan fingerprint density at radius 1 is 1.28 bits per heavy atom. The van der Waals surface area contributed by atoms with Gasteiger partial charge in [-0.2, -0.15) is 0 Å². The first-order valence-corrected chi connectivity index (χ1v) is 11.3. The SMILES string of the molecule is CC1CN(C(C(=O)NCCCc2nc(-c3ccncc3)cs2)C(C)C)CC(C)O1. The van der Waals surface area contributed by atoms with Crippen molar-refractivity contribution in [2.45, 2.75) is 58.8 Å². The molecular weight excluding hydrogens is 384 g/mol. The van der Waals surface area contributed by atoms with E-state index in [1.165, 1.54) is 0 Å². The fourth-order valence-electron chi connectivity index (χ4n) is 3.97. The van der Waals surface area contributed by atoms with Gasteiger partial charge in [0.1, 0.15) is 0 Å². The highest BCUT2D eigenvalue weighted by Gasteiger charge is 2.33. The topological polar surface area (TPSA) is 67.4 Å². The predicted octanol–water partition coefficient (Wildman–Crippen LogP) is 3.39. The lowest BCUT2D eigenvalue weighted by atomic mass is 9.99. The van der Waals surface area contributed by atoms with Gasteiger partial charge in [0.05, 0.1) is 29.0 Å². The Labute approximate surface area is 177 Å². The maximum absolute atomic E-state index is 12.9. The number of hydrogen-bond donors (Lipinski definition) is 1. The van der Waals surface area contributed by atoms with E-state index in [-0.39, 0.29) is 30.1 Å². The zero-order valence-electron chi connectivity index (χ0n) is 17.8. The molecule has 0 spiro atoms. The van der Waals surface area contributed by atoms with E-state index in [1.807, 2.05) is 12.1 Å². The molecule has 0 aromatic carbocycles. The highest BCUT2D eigenvalue weighted by molar-refractivity contribution is 7.09. The molecule has 3 rings (SSSR count). The molecule has 7 heteroatoms. The quantitative estimate of drug-likeness (QED) is 0.668. The number of carbonyl (C=O) groups is 1. The molecule has 29 heavy (non-hydrogen) atoms. The van der Waals surface area contributed by atoms with Crippen molar-refractivity contribution in [2.75, 3.05) is 19.6 Å². The number of hydrogen-bond acceptors (Lipinski definition) is 6. The van der Waals surface area contributed by atoms with Crippen molar-refractivity contribution in [2.24, 2.45) is 5.92 Å². The second-order valence-corrected chi connectivity index (χ2v) is 9.10. The van der Waals surface area contributed by atoms with E-state index in [9.17, 15) is 4.79 Å². The average Bonchev–Trinajstić information content (AvgIpc) is 3.14. The minimum atomic E-state index is -0.109. The maximum Gasteiger partial charge on any atom is 0.237 e. The van der Waals surface area contributed by atoms with E-state index in [1.54, 1.807) is 23.7 Å². The van der Waals surface area contributed by atoms with Crippen LogP contribution >= 0.6 is 11.3 Å². The highest BCUT2D eigenvalue weighted by Crippen LogP contribution is 2.22. The third kappa shape index (κ3) is 6.07. The second kappa shape index (κ2) is 10.3. The van der Waals surface area contributed by atoms with E-state index in [0.717, 1.165) is 42.2 Å². The largest absolute Gasteiger partial charge is 0.373 e. The van der Waals surface area contributed by atoms with Crippen molar-refractivity contribution in [3.63, 3.8) is 0 Å². The molecule has 1 aliphatic rings. The summed E-state index contributed by atoms with van der Waals surface area (Å²) < 4.78 is 5.82. The maximum atomic E-state index is 12.9. The molecule has 2 aromatic heterocycles. The zero-order chi connectivity index (χ0) is 20.8. The van der Waals surface area contributed by atoms with Gasteiger partial charge in [-0.15, -0.1) is 11.3 Å². The van der Waals surface area contributed by atoms with Crippen LogP contribution in [0.4, 0.5) is 0 Å². The van der Waals surface area contributed by atoms with Crippen LogP contribution in [0.1, 0.15) is 39.1 Å². The molecule has 158 valence electrons. The molecule has 2 aromatic rings. The van der Waals surface area contributed by atoms with Gasteiger partial charge in [-0.1, -0.05) is 13.8 Å². The van der Waals surface area contributed by atoms with Crippen LogP contribution in [0, 0.1) is 5.92 Å². The lowest BCUT2D eigenvalue weighted by Gasteiger charge is -2.41. The normalized spacial score (nSPS) is 21.3. The Bertz CT molecular complexity index is 770. The molecule has 3 heterocycles. The standard InChI is InChI=1S/C22H32N4O2S/c1-15(2)21(26-12-16(3)28-17(4)13-26)22(27)24-9-5-6-20-25-19(14-29-20)18-7-10-23-11-8-18/h7-8,10-11,14-17,21H,5-6,9,12-13H2,1-4H3,(H,24,27). The molecule has 1 N–H and O–H groups in total. The van der Waals surface area contributed by atoms with Crippen molar-refractivity contribution in [3.8, 4) is 11.3 Å². The molecule has 3 atom stereocenters. The van der Waals surface area contributed by atoms with E-state index in [2.05, 4.69) is 48.3 Å². The van der Waals surface area contributed by atoms with Gasteiger partial charge in [-0.25, -0.2) is 4.98 Å². The number of carbonyl (C=O) groups excluding carboxylic acids is 1. The van der Waals surface area contributed by atoms with Gasteiger partial charge >= 0.3 is 0 Å². The Kier molecular flexibility index (Phi) is 7.75. The average molecular weight is 417 g/mol. The number of nitrogens with one attached hydrogen (secondary N) is 1. The number of pyridine rings is 1. The van der Waals surface area contributed by atoms with Crippen LogP contribution in [0.15, 0.2) is 29.9 Å². The smallest absolute Gasteiger partial charge is 0.237 e. The molecule has 6 nitrogen and oxygen atoms in total. The van der Waals surface area contributed by atoms with Crippen molar-refractivity contribution in [3.05, 3.63) is 34.9 Å². The monoisotopic (exact) mass is 416 g/mol. The van der Waals surface area contributed by atoms with Crippen molar-refractivity contribution < 1.29 is 9.53 Å². The van der Waals surface area contributed by atoms with E-state index >= 15 is 0 Å². The number of aryl methyl sites for hydroxylation is 1. The first-order valence-electron chi connectivity index (χ1n) is 10.5. The number of rotatable bonds is 8. The Hall–Kier alpha value is -1.83. The van der Waals surface area contributed by atoms with Crippen LogP contribution in [0.3, 0.4) is 0 Å². The molecule has 3 unspecified atom stereocenters. The van der Waals surface area contributed by atoms with Gasteiger partial charge in [-0.3, -0.25) is 14.7 Å². The zero-order valence-corrected chi connectivity index (χ0v) is 18.6.